The SMILES string of the molecule is CC(=O)NNC(=O)CCC12CCC3C(C(=O)C=C4C5(C)C=C(C#N)C(=O)C(C)(C)C5CCC43C)C1CC(C)(C)CC2. The Balaban J connectivity index is 1.53. The minimum Gasteiger partial charge on any atom is -0.295 e. The van der Waals surface area contributed by atoms with Crippen LogP contribution in [0.2, 0.25) is 0 Å². The van der Waals surface area contributed by atoms with E-state index in [1.54, 1.807) is 0 Å². The molecule has 3 fully saturated rings. The number of rotatable bonds is 3. The van der Waals surface area contributed by atoms with Crippen molar-refractivity contribution < 1.29 is 19.2 Å². The first-order chi connectivity index (χ1) is 19.0. The Morgan fingerprint density at radius 2 is 1.68 bits per heavy atom. The lowest BCUT2D eigenvalue weighted by molar-refractivity contribution is -0.150. The molecule has 0 bridgehead atoms. The molecule has 0 spiro atoms. The minimum absolute atomic E-state index is 0.0432. The molecule has 0 radical (unpaired) electrons. The maximum atomic E-state index is 14.4. The first kappa shape index (κ1) is 29.7. The average Bonchev–Trinajstić information content (AvgIpc) is 2.89. The maximum Gasteiger partial charge on any atom is 0.238 e. The summed E-state index contributed by atoms with van der Waals surface area (Å²) in [5.41, 5.74) is 4.96. The number of hydrogen-bond acceptors (Lipinski definition) is 5. The lowest BCUT2D eigenvalue weighted by atomic mass is 9.38. The molecule has 5 rings (SSSR count). The van der Waals surface area contributed by atoms with E-state index in [9.17, 15) is 24.4 Å². The van der Waals surface area contributed by atoms with Gasteiger partial charge in [-0.25, -0.2) is 0 Å². The molecule has 5 aliphatic carbocycles. The van der Waals surface area contributed by atoms with Crippen LogP contribution in [0.4, 0.5) is 0 Å². The molecule has 0 heterocycles. The lowest BCUT2D eigenvalue weighted by Crippen LogP contribution is -2.60. The summed E-state index contributed by atoms with van der Waals surface area (Å²) in [5.74, 6) is -0.0287. The molecule has 7 unspecified atom stereocenters. The molecule has 2 amide bonds. The summed E-state index contributed by atoms with van der Waals surface area (Å²) in [6, 6.07) is 2.18. The number of ketones is 2. The van der Waals surface area contributed by atoms with Gasteiger partial charge < -0.3 is 0 Å². The van der Waals surface area contributed by atoms with Crippen molar-refractivity contribution in [1.29, 1.82) is 5.26 Å². The second-order valence-corrected chi connectivity index (χ2v) is 15.7. The highest BCUT2D eigenvalue weighted by atomic mass is 16.2. The molecule has 2 N–H and O–H groups in total. The number of allylic oxidation sites excluding steroid dienone is 4. The first-order valence-electron chi connectivity index (χ1n) is 15.5. The average molecular weight is 562 g/mol. The van der Waals surface area contributed by atoms with Crippen LogP contribution >= 0.6 is 0 Å². The molecular weight excluding hydrogens is 514 g/mol. The third-order valence-corrected chi connectivity index (χ3v) is 12.5. The van der Waals surface area contributed by atoms with E-state index in [4.69, 9.17) is 0 Å². The highest BCUT2D eigenvalue weighted by Gasteiger charge is 2.65. The molecule has 0 aromatic heterocycles. The predicted octanol–water partition coefficient (Wildman–Crippen LogP) is 5.76. The first-order valence-corrected chi connectivity index (χ1v) is 15.5. The van der Waals surface area contributed by atoms with E-state index in [0.717, 1.165) is 50.5 Å². The Kier molecular flexibility index (Phi) is 6.99. The van der Waals surface area contributed by atoms with Crippen LogP contribution in [-0.2, 0) is 19.2 Å². The number of nitrogens with zero attached hydrogens (tertiary/aromatic N) is 1. The topological polar surface area (TPSA) is 116 Å². The third kappa shape index (κ3) is 4.51. The van der Waals surface area contributed by atoms with Gasteiger partial charge in [0.2, 0.25) is 11.8 Å². The van der Waals surface area contributed by atoms with Crippen LogP contribution in [-0.4, -0.2) is 23.4 Å². The number of hydrazine groups is 1. The van der Waals surface area contributed by atoms with Gasteiger partial charge in [0.05, 0.1) is 5.57 Å². The van der Waals surface area contributed by atoms with E-state index in [0.29, 0.717) is 12.8 Å². The summed E-state index contributed by atoms with van der Waals surface area (Å²) in [6.07, 6.45) is 11.7. The van der Waals surface area contributed by atoms with Gasteiger partial charge in [-0.1, -0.05) is 53.2 Å². The fraction of sp³-hybridized carbons (Fsp3) is 0.735. The van der Waals surface area contributed by atoms with Gasteiger partial charge in [-0.2, -0.15) is 5.26 Å². The van der Waals surface area contributed by atoms with E-state index in [-0.39, 0.29) is 68.9 Å². The predicted molar refractivity (Wildman–Crippen MR) is 155 cm³/mol. The number of nitrogens with one attached hydrogen (secondary N) is 2. The number of carbonyl (C=O) groups is 4. The van der Waals surface area contributed by atoms with Crippen LogP contribution in [0.3, 0.4) is 0 Å². The van der Waals surface area contributed by atoms with Crippen LogP contribution in [0.15, 0.2) is 23.3 Å². The Bertz CT molecular complexity index is 1300. The Labute approximate surface area is 244 Å². The molecule has 222 valence electrons. The van der Waals surface area contributed by atoms with Crippen molar-refractivity contribution in [3.05, 3.63) is 23.3 Å². The van der Waals surface area contributed by atoms with Crippen molar-refractivity contribution in [3.8, 4) is 6.07 Å². The van der Waals surface area contributed by atoms with E-state index in [1.165, 1.54) is 6.92 Å². The molecule has 0 saturated heterocycles. The molecule has 7 atom stereocenters. The van der Waals surface area contributed by atoms with Gasteiger partial charge in [0.1, 0.15) is 6.07 Å². The van der Waals surface area contributed by atoms with Gasteiger partial charge >= 0.3 is 0 Å². The lowest BCUT2D eigenvalue weighted by Gasteiger charge is -2.65. The summed E-state index contributed by atoms with van der Waals surface area (Å²) in [6.45, 7) is 14.4. The van der Waals surface area contributed by atoms with Crippen molar-refractivity contribution in [1.82, 2.24) is 10.9 Å². The van der Waals surface area contributed by atoms with E-state index in [2.05, 4.69) is 44.6 Å². The molecule has 7 heteroatoms. The second-order valence-electron chi connectivity index (χ2n) is 15.7. The molecule has 3 saturated carbocycles. The summed E-state index contributed by atoms with van der Waals surface area (Å²) in [4.78, 5) is 51.5. The van der Waals surface area contributed by atoms with E-state index < -0.39 is 10.8 Å². The summed E-state index contributed by atoms with van der Waals surface area (Å²) in [7, 11) is 0. The fourth-order valence-electron chi connectivity index (χ4n) is 10.4. The highest BCUT2D eigenvalue weighted by Crippen LogP contribution is 2.71. The Morgan fingerprint density at radius 1 is 0.976 bits per heavy atom. The van der Waals surface area contributed by atoms with Gasteiger partial charge in [0.15, 0.2) is 11.6 Å². The smallest absolute Gasteiger partial charge is 0.238 e. The van der Waals surface area contributed by atoms with Crippen LogP contribution in [0.1, 0.15) is 106 Å². The van der Waals surface area contributed by atoms with Crippen molar-refractivity contribution in [3.63, 3.8) is 0 Å². The van der Waals surface area contributed by atoms with E-state index >= 15 is 0 Å². The Morgan fingerprint density at radius 3 is 2.34 bits per heavy atom. The van der Waals surface area contributed by atoms with Gasteiger partial charge in [0, 0.05) is 30.1 Å². The van der Waals surface area contributed by atoms with Crippen LogP contribution in [0, 0.1) is 62.1 Å². The quantitative estimate of drug-likeness (QED) is 0.425. The fourth-order valence-corrected chi connectivity index (χ4v) is 10.4. The van der Waals surface area contributed by atoms with Crippen LogP contribution in [0.5, 0.6) is 0 Å². The monoisotopic (exact) mass is 561 g/mol. The molecule has 41 heavy (non-hydrogen) atoms. The molecular formula is C34H47N3O4. The molecule has 5 aliphatic rings. The normalized spacial score (nSPS) is 40.3. The number of Topliss-reactive ketones (excluding diaryl/α,β-unsaturated/α-hetero) is 1. The van der Waals surface area contributed by atoms with Crippen molar-refractivity contribution in [2.45, 2.75) is 106 Å². The van der Waals surface area contributed by atoms with E-state index in [1.807, 2.05) is 26.0 Å². The molecule has 0 aromatic carbocycles. The van der Waals surface area contributed by atoms with Gasteiger partial charge in [-0.15, -0.1) is 0 Å². The third-order valence-electron chi connectivity index (χ3n) is 12.5. The Hall–Kier alpha value is -2.75. The van der Waals surface area contributed by atoms with Gasteiger partial charge in [0.25, 0.3) is 0 Å². The number of nitriles is 1. The standard InChI is InChI=1S/C34H47N3O4/c1-20(38)36-37-27(40)10-13-34-12-8-22-28(23(34)18-30(2,3)14-15-34)24(39)16-26-32(22,6)11-9-25-31(4,5)29(41)21(19-35)17-33(25,26)7/h16-17,22-23,25,28H,8-15,18H2,1-7H3,(H,36,38)(H,37,40). The van der Waals surface area contributed by atoms with Gasteiger partial charge in [-0.05, 0) is 91.4 Å². The van der Waals surface area contributed by atoms with Crippen molar-refractivity contribution >= 4 is 23.4 Å². The zero-order chi connectivity index (χ0) is 30.2. The number of hydrogen-bond donors (Lipinski definition) is 2. The zero-order valence-electron chi connectivity index (χ0n) is 25.9. The van der Waals surface area contributed by atoms with Gasteiger partial charge in [-0.3, -0.25) is 30.0 Å². The van der Waals surface area contributed by atoms with Crippen LogP contribution in [0.25, 0.3) is 0 Å². The maximum absolute atomic E-state index is 14.4. The molecule has 0 aromatic rings. The van der Waals surface area contributed by atoms with Crippen LogP contribution < -0.4 is 10.9 Å². The largest absolute Gasteiger partial charge is 0.295 e. The minimum atomic E-state index is -0.663. The molecule has 0 aliphatic heterocycles. The summed E-state index contributed by atoms with van der Waals surface area (Å²) in [5, 5.41) is 9.88. The second kappa shape index (κ2) is 9.64. The zero-order valence-corrected chi connectivity index (χ0v) is 25.9. The van der Waals surface area contributed by atoms with Crippen molar-refractivity contribution in [2.24, 2.45) is 50.7 Å². The number of fused-ring (bicyclic) bond motifs is 7. The number of amides is 2. The summed E-state index contributed by atoms with van der Waals surface area (Å²) < 4.78 is 0. The number of carbonyl (C=O) groups excluding carboxylic acids is 4. The highest BCUT2D eigenvalue weighted by molar-refractivity contribution is 6.04. The van der Waals surface area contributed by atoms with Crippen molar-refractivity contribution in [2.75, 3.05) is 0 Å². The molecule has 7 nitrogen and oxygen atoms in total. The summed E-state index contributed by atoms with van der Waals surface area (Å²) >= 11 is 0.